The van der Waals surface area contributed by atoms with Crippen molar-refractivity contribution in [1.82, 2.24) is 10.6 Å². The summed E-state index contributed by atoms with van der Waals surface area (Å²) < 4.78 is 10.2. The number of aliphatic hydroxyl groups is 1. The highest BCUT2D eigenvalue weighted by Gasteiger charge is 2.31. The molecule has 22 heavy (non-hydrogen) atoms. The van der Waals surface area contributed by atoms with Crippen LogP contribution in [0.4, 0.5) is 4.79 Å². The Labute approximate surface area is 131 Å². The normalized spacial score (nSPS) is 23.2. The van der Waals surface area contributed by atoms with Crippen molar-refractivity contribution in [2.75, 3.05) is 6.61 Å². The molecule has 128 valence electrons. The van der Waals surface area contributed by atoms with Crippen molar-refractivity contribution in [1.29, 1.82) is 0 Å². The summed E-state index contributed by atoms with van der Waals surface area (Å²) >= 11 is 0. The third-order valence-corrected chi connectivity index (χ3v) is 3.10. The summed E-state index contributed by atoms with van der Waals surface area (Å²) in [5, 5.41) is 14.9. The lowest BCUT2D eigenvalue weighted by Crippen LogP contribution is -2.52. The van der Waals surface area contributed by atoms with Gasteiger partial charge in [0, 0.05) is 0 Å². The second-order valence-electron chi connectivity index (χ2n) is 6.99. The summed E-state index contributed by atoms with van der Waals surface area (Å²) in [5.74, 6) is -0.121. The van der Waals surface area contributed by atoms with Gasteiger partial charge < -0.3 is 25.2 Å². The van der Waals surface area contributed by atoms with Crippen LogP contribution in [0.3, 0.4) is 0 Å². The van der Waals surface area contributed by atoms with Gasteiger partial charge in [-0.3, -0.25) is 4.79 Å². The maximum absolute atomic E-state index is 12.3. The molecule has 0 aromatic heterocycles. The molecule has 1 aliphatic heterocycles. The molecule has 1 unspecified atom stereocenters. The molecule has 0 bridgehead atoms. The van der Waals surface area contributed by atoms with Crippen molar-refractivity contribution in [3.63, 3.8) is 0 Å². The van der Waals surface area contributed by atoms with Crippen LogP contribution < -0.4 is 10.6 Å². The van der Waals surface area contributed by atoms with E-state index in [-0.39, 0.29) is 11.8 Å². The molecule has 3 atom stereocenters. The number of alkyl carbamates (subject to hydrolysis) is 1. The number of carbonyl (C=O) groups excluding carboxylic acids is 2. The quantitative estimate of drug-likeness (QED) is 0.707. The Balaban J connectivity index is 2.62. The molecule has 1 saturated heterocycles. The Hall–Kier alpha value is -1.34. The van der Waals surface area contributed by atoms with E-state index >= 15 is 0 Å². The maximum atomic E-state index is 12.3. The molecule has 0 radical (unpaired) electrons. The summed E-state index contributed by atoms with van der Waals surface area (Å²) in [5.41, 5.74) is -0.627. The van der Waals surface area contributed by atoms with Crippen LogP contribution in [0.25, 0.3) is 0 Å². The largest absolute Gasteiger partial charge is 0.444 e. The first-order valence-corrected chi connectivity index (χ1v) is 7.68. The number of amides is 2. The molecule has 1 aliphatic rings. The van der Waals surface area contributed by atoms with Crippen LogP contribution in [0.5, 0.6) is 0 Å². The van der Waals surface area contributed by atoms with Gasteiger partial charge in [-0.1, -0.05) is 13.8 Å². The van der Waals surface area contributed by atoms with Crippen molar-refractivity contribution in [3.8, 4) is 0 Å². The zero-order valence-corrected chi connectivity index (χ0v) is 14.0. The van der Waals surface area contributed by atoms with E-state index in [9.17, 15) is 14.7 Å². The number of hydrogen-bond donors (Lipinski definition) is 3. The molecule has 0 spiro atoms. The second-order valence-corrected chi connectivity index (χ2v) is 6.99. The van der Waals surface area contributed by atoms with Crippen molar-refractivity contribution < 1.29 is 24.2 Å². The molecule has 1 fully saturated rings. The van der Waals surface area contributed by atoms with Crippen molar-refractivity contribution in [3.05, 3.63) is 0 Å². The summed E-state index contributed by atoms with van der Waals surface area (Å²) in [6, 6.07) is -1.15. The number of carbonyl (C=O) groups is 2. The molecule has 7 nitrogen and oxygen atoms in total. The number of rotatable bonds is 5. The van der Waals surface area contributed by atoms with Crippen LogP contribution in [0, 0.1) is 5.92 Å². The molecule has 1 heterocycles. The van der Waals surface area contributed by atoms with Crippen LogP contribution in [-0.2, 0) is 14.3 Å². The number of hydrogen-bond acceptors (Lipinski definition) is 5. The molecule has 0 aromatic carbocycles. The van der Waals surface area contributed by atoms with Crippen molar-refractivity contribution >= 4 is 12.0 Å². The highest BCUT2D eigenvalue weighted by Crippen LogP contribution is 2.13. The fraction of sp³-hybridized carbons (Fsp3) is 0.867. The number of ether oxygens (including phenoxy) is 2. The van der Waals surface area contributed by atoms with Crippen molar-refractivity contribution in [2.45, 2.75) is 71.4 Å². The van der Waals surface area contributed by atoms with E-state index < -0.39 is 30.1 Å². The first-order chi connectivity index (χ1) is 10.1. The summed E-state index contributed by atoms with van der Waals surface area (Å²) in [4.78, 5) is 24.2. The first-order valence-electron chi connectivity index (χ1n) is 7.68. The van der Waals surface area contributed by atoms with Crippen LogP contribution in [-0.4, -0.2) is 47.7 Å². The zero-order valence-electron chi connectivity index (χ0n) is 14.0. The van der Waals surface area contributed by atoms with E-state index in [4.69, 9.17) is 9.47 Å². The van der Waals surface area contributed by atoms with Crippen LogP contribution in [0.15, 0.2) is 0 Å². The van der Waals surface area contributed by atoms with Crippen LogP contribution >= 0.6 is 0 Å². The molecule has 0 aromatic rings. The molecule has 0 aliphatic carbocycles. The lowest BCUT2D eigenvalue weighted by molar-refractivity contribution is -0.127. The van der Waals surface area contributed by atoms with Gasteiger partial charge in [0.2, 0.25) is 5.91 Å². The summed E-state index contributed by atoms with van der Waals surface area (Å²) in [6.45, 7) is 9.61. The van der Waals surface area contributed by atoms with Crippen LogP contribution in [0.2, 0.25) is 0 Å². The van der Waals surface area contributed by atoms with E-state index in [0.717, 1.165) is 0 Å². The first kappa shape index (κ1) is 18.7. The Morgan fingerprint density at radius 1 is 1.36 bits per heavy atom. The average molecular weight is 316 g/mol. The predicted octanol–water partition coefficient (Wildman–Crippen LogP) is 1.15. The van der Waals surface area contributed by atoms with E-state index in [0.29, 0.717) is 19.4 Å². The highest BCUT2D eigenvalue weighted by atomic mass is 16.6. The van der Waals surface area contributed by atoms with E-state index in [1.165, 1.54) is 0 Å². The molecule has 1 rings (SSSR count). The van der Waals surface area contributed by atoms with E-state index in [1.54, 1.807) is 20.8 Å². The Morgan fingerprint density at radius 2 is 2.00 bits per heavy atom. The molecular weight excluding hydrogens is 288 g/mol. The molecular formula is C15H28N2O5. The van der Waals surface area contributed by atoms with Gasteiger partial charge in [0.15, 0.2) is 6.29 Å². The second kappa shape index (κ2) is 7.78. The third kappa shape index (κ3) is 6.62. The molecule has 7 heteroatoms. The van der Waals surface area contributed by atoms with Gasteiger partial charge >= 0.3 is 6.09 Å². The monoisotopic (exact) mass is 316 g/mol. The van der Waals surface area contributed by atoms with Crippen molar-refractivity contribution in [2.24, 2.45) is 5.92 Å². The van der Waals surface area contributed by atoms with Gasteiger partial charge in [-0.15, -0.1) is 0 Å². The third-order valence-electron chi connectivity index (χ3n) is 3.10. The summed E-state index contributed by atoms with van der Waals surface area (Å²) in [6.07, 6.45) is -0.593. The zero-order chi connectivity index (χ0) is 16.9. The lowest BCUT2D eigenvalue weighted by atomic mass is 10.0. The minimum Gasteiger partial charge on any atom is -0.444 e. The number of nitrogens with one attached hydrogen (secondary N) is 2. The SMILES string of the molecule is CC(C)C[C@H](NC(=O)OC(C)(C)C)C(=O)N[C@H]1CCOC1O. The molecule has 0 saturated carbocycles. The standard InChI is InChI=1S/C15H28N2O5/c1-9(2)8-11(17-14(20)22-15(3,4)5)12(18)16-10-6-7-21-13(10)19/h9-11,13,19H,6-8H2,1-5H3,(H,16,18)(H,17,20)/t10-,11-,13?/m0/s1. The van der Waals surface area contributed by atoms with E-state index in [2.05, 4.69) is 10.6 Å². The minimum atomic E-state index is -0.995. The van der Waals surface area contributed by atoms with Gasteiger partial charge in [-0.2, -0.15) is 0 Å². The van der Waals surface area contributed by atoms with Gasteiger partial charge in [-0.25, -0.2) is 4.79 Å². The van der Waals surface area contributed by atoms with Gasteiger partial charge in [-0.05, 0) is 39.5 Å². The Morgan fingerprint density at radius 3 is 2.45 bits per heavy atom. The topological polar surface area (TPSA) is 96.9 Å². The van der Waals surface area contributed by atoms with Crippen LogP contribution in [0.1, 0.15) is 47.5 Å². The fourth-order valence-electron chi connectivity index (χ4n) is 2.15. The van der Waals surface area contributed by atoms with E-state index in [1.807, 2.05) is 13.8 Å². The number of aliphatic hydroxyl groups excluding tert-OH is 1. The Kier molecular flexibility index (Phi) is 6.62. The van der Waals surface area contributed by atoms with Gasteiger partial charge in [0.05, 0.1) is 12.6 Å². The minimum absolute atomic E-state index is 0.218. The predicted molar refractivity (Wildman–Crippen MR) is 81.1 cm³/mol. The molecule has 3 N–H and O–H groups in total. The Bertz CT molecular complexity index is 392. The maximum Gasteiger partial charge on any atom is 0.408 e. The smallest absolute Gasteiger partial charge is 0.408 e. The molecule has 2 amide bonds. The lowest BCUT2D eigenvalue weighted by Gasteiger charge is -2.25. The fourth-order valence-corrected chi connectivity index (χ4v) is 2.15. The average Bonchev–Trinajstić information content (AvgIpc) is 2.71. The van der Waals surface area contributed by atoms with Gasteiger partial charge in [0.25, 0.3) is 0 Å². The summed E-state index contributed by atoms with van der Waals surface area (Å²) in [7, 11) is 0. The highest BCUT2D eigenvalue weighted by molar-refractivity contribution is 5.85. The van der Waals surface area contributed by atoms with Gasteiger partial charge in [0.1, 0.15) is 11.6 Å².